The lowest BCUT2D eigenvalue weighted by atomic mass is 10.0. The minimum atomic E-state index is -0.172. The number of amides is 1. The molecule has 6 nitrogen and oxygen atoms in total. The first kappa shape index (κ1) is 13.4. The summed E-state index contributed by atoms with van der Waals surface area (Å²) < 4.78 is 5.11. The Balaban J connectivity index is 1.57. The Labute approximate surface area is 118 Å². The second-order valence-electron chi connectivity index (χ2n) is 6.10. The number of ether oxygens (including phenoxy) is 1. The van der Waals surface area contributed by atoms with Crippen molar-refractivity contribution in [2.45, 2.75) is 38.0 Å². The molecule has 1 heterocycles. The predicted octanol–water partition coefficient (Wildman–Crippen LogP) is 1.42. The smallest absolute Gasteiger partial charge is 0.273 e. The van der Waals surface area contributed by atoms with Crippen LogP contribution in [0.25, 0.3) is 0 Å². The van der Waals surface area contributed by atoms with Crippen LogP contribution in [0.2, 0.25) is 0 Å². The lowest BCUT2D eigenvalue weighted by Crippen LogP contribution is -2.31. The Morgan fingerprint density at radius 2 is 2.30 bits per heavy atom. The van der Waals surface area contributed by atoms with Gasteiger partial charge in [-0.15, -0.1) is 0 Å². The van der Waals surface area contributed by atoms with Crippen LogP contribution < -0.4 is 11.1 Å². The molecule has 0 atom stereocenters. The van der Waals surface area contributed by atoms with E-state index in [2.05, 4.69) is 15.5 Å². The van der Waals surface area contributed by atoms with Crippen LogP contribution in [0.5, 0.6) is 0 Å². The van der Waals surface area contributed by atoms with Crippen LogP contribution in [0.3, 0.4) is 0 Å². The number of nitrogens with two attached hydrogens (primary N) is 1. The zero-order valence-electron chi connectivity index (χ0n) is 11.9. The highest BCUT2D eigenvalue weighted by Crippen LogP contribution is 2.48. The summed E-state index contributed by atoms with van der Waals surface area (Å²) in [5.41, 5.74) is 8.03. The van der Waals surface area contributed by atoms with Gasteiger partial charge in [0.05, 0.1) is 11.4 Å². The number of methoxy groups -OCH3 is 1. The summed E-state index contributed by atoms with van der Waals surface area (Å²) in [6, 6.07) is 0. The zero-order chi connectivity index (χ0) is 14.2. The summed E-state index contributed by atoms with van der Waals surface area (Å²) in [7, 11) is 1.71. The number of rotatable bonds is 7. The average Bonchev–Trinajstić information content (AvgIpc) is 3.36. The summed E-state index contributed by atoms with van der Waals surface area (Å²) in [4.78, 5) is 12.2. The number of aromatic nitrogens is 2. The van der Waals surface area contributed by atoms with E-state index in [-0.39, 0.29) is 11.3 Å². The fraction of sp³-hybridized carbons (Fsp3) is 0.714. The zero-order valence-corrected chi connectivity index (χ0v) is 11.9. The molecule has 2 aliphatic carbocycles. The third-order valence-electron chi connectivity index (χ3n) is 4.45. The maximum absolute atomic E-state index is 12.2. The molecule has 1 amide bonds. The van der Waals surface area contributed by atoms with Gasteiger partial charge in [-0.3, -0.25) is 9.89 Å². The lowest BCUT2D eigenvalue weighted by Gasteiger charge is -2.15. The molecular weight excluding hydrogens is 256 g/mol. The largest absolute Gasteiger partial charge is 0.395 e. The number of hydrogen-bond donors (Lipinski definition) is 3. The molecule has 0 radical (unpaired) electrons. The van der Waals surface area contributed by atoms with Crippen molar-refractivity contribution in [2.75, 3.05) is 26.0 Å². The van der Waals surface area contributed by atoms with Gasteiger partial charge in [0.2, 0.25) is 0 Å². The Kier molecular flexibility index (Phi) is 3.41. The molecule has 1 aromatic rings. The number of nitrogens with zero attached hydrogens (tertiary/aromatic N) is 1. The van der Waals surface area contributed by atoms with Gasteiger partial charge in [-0.1, -0.05) is 0 Å². The fourth-order valence-corrected chi connectivity index (χ4v) is 2.58. The lowest BCUT2D eigenvalue weighted by molar-refractivity contribution is 0.0934. The summed E-state index contributed by atoms with van der Waals surface area (Å²) in [5, 5.41) is 9.95. The summed E-state index contributed by atoms with van der Waals surface area (Å²) >= 11 is 0. The first-order valence-corrected chi connectivity index (χ1v) is 7.26. The van der Waals surface area contributed by atoms with E-state index in [0.29, 0.717) is 23.8 Å². The SMILES string of the molecule is COCCC1(CNC(=O)c2n[nH]c(C3CC3)c2N)CC1. The second kappa shape index (κ2) is 5.09. The Morgan fingerprint density at radius 1 is 1.55 bits per heavy atom. The fourth-order valence-electron chi connectivity index (χ4n) is 2.58. The summed E-state index contributed by atoms with van der Waals surface area (Å²) in [6.45, 7) is 1.42. The molecule has 4 N–H and O–H groups in total. The second-order valence-corrected chi connectivity index (χ2v) is 6.10. The van der Waals surface area contributed by atoms with Crippen molar-refractivity contribution in [1.82, 2.24) is 15.5 Å². The minimum absolute atomic E-state index is 0.172. The van der Waals surface area contributed by atoms with Gasteiger partial charge in [-0.2, -0.15) is 5.10 Å². The van der Waals surface area contributed by atoms with E-state index in [4.69, 9.17) is 10.5 Å². The molecule has 0 unspecified atom stereocenters. The topological polar surface area (TPSA) is 93.0 Å². The highest BCUT2D eigenvalue weighted by atomic mass is 16.5. The van der Waals surface area contributed by atoms with E-state index < -0.39 is 0 Å². The number of aromatic amines is 1. The van der Waals surface area contributed by atoms with Gasteiger partial charge in [0.25, 0.3) is 5.91 Å². The van der Waals surface area contributed by atoms with Gasteiger partial charge in [0.1, 0.15) is 0 Å². The summed E-state index contributed by atoms with van der Waals surface area (Å²) in [5.74, 6) is 0.301. The molecule has 0 aliphatic heterocycles. The molecule has 1 aromatic heterocycles. The van der Waals surface area contributed by atoms with Crippen LogP contribution >= 0.6 is 0 Å². The number of nitrogens with one attached hydrogen (secondary N) is 2. The van der Waals surface area contributed by atoms with Crippen LogP contribution in [0.4, 0.5) is 5.69 Å². The van der Waals surface area contributed by atoms with E-state index in [1.165, 1.54) is 0 Å². The number of carbonyl (C=O) groups excluding carboxylic acids is 1. The van der Waals surface area contributed by atoms with Crippen LogP contribution in [0, 0.1) is 5.41 Å². The van der Waals surface area contributed by atoms with Crippen LogP contribution in [-0.2, 0) is 4.74 Å². The number of nitrogen functional groups attached to an aromatic ring is 1. The van der Waals surface area contributed by atoms with Crippen molar-refractivity contribution in [3.8, 4) is 0 Å². The maximum atomic E-state index is 12.2. The standard InChI is InChI=1S/C14H22N4O2/c1-20-7-6-14(4-5-14)8-16-13(19)12-10(15)11(17-18-12)9-2-3-9/h9H,2-8,15H2,1H3,(H,16,19)(H,17,18). The van der Waals surface area contributed by atoms with E-state index in [9.17, 15) is 4.79 Å². The molecule has 20 heavy (non-hydrogen) atoms. The molecule has 2 fully saturated rings. The van der Waals surface area contributed by atoms with Crippen LogP contribution in [0.15, 0.2) is 0 Å². The van der Waals surface area contributed by atoms with Gasteiger partial charge in [0, 0.05) is 26.2 Å². The number of carbonyl (C=O) groups is 1. The first-order chi connectivity index (χ1) is 9.65. The highest BCUT2D eigenvalue weighted by Gasteiger charge is 2.42. The molecule has 110 valence electrons. The molecule has 2 aliphatic rings. The van der Waals surface area contributed by atoms with E-state index in [1.807, 2.05) is 0 Å². The third-order valence-corrected chi connectivity index (χ3v) is 4.45. The van der Waals surface area contributed by atoms with Gasteiger partial charge in [-0.05, 0) is 37.5 Å². The third kappa shape index (κ3) is 2.65. The van der Waals surface area contributed by atoms with Crippen LogP contribution in [0.1, 0.15) is 54.2 Å². The number of hydrogen-bond acceptors (Lipinski definition) is 4. The molecule has 0 aromatic carbocycles. The van der Waals surface area contributed by atoms with Gasteiger partial charge < -0.3 is 15.8 Å². The number of H-pyrrole nitrogens is 1. The maximum Gasteiger partial charge on any atom is 0.273 e. The quantitative estimate of drug-likeness (QED) is 0.703. The summed E-state index contributed by atoms with van der Waals surface area (Å²) in [6.07, 6.45) is 5.56. The molecule has 3 rings (SSSR count). The molecule has 0 saturated heterocycles. The minimum Gasteiger partial charge on any atom is -0.395 e. The Bertz CT molecular complexity index is 503. The number of anilines is 1. The van der Waals surface area contributed by atoms with Crippen molar-refractivity contribution in [2.24, 2.45) is 5.41 Å². The first-order valence-electron chi connectivity index (χ1n) is 7.26. The average molecular weight is 278 g/mol. The van der Waals surface area contributed by atoms with Crippen molar-refractivity contribution in [3.05, 3.63) is 11.4 Å². The van der Waals surface area contributed by atoms with E-state index in [1.54, 1.807) is 7.11 Å². The molecule has 6 heteroatoms. The monoisotopic (exact) mass is 278 g/mol. The van der Waals surface area contributed by atoms with Crippen molar-refractivity contribution in [1.29, 1.82) is 0 Å². The molecule has 2 saturated carbocycles. The van der Waals surface area contributed by atoms with Crippen molar-refractivity contribution >= 4 is 11.6 Å². The normalized spacial score (nSPS) is 19.9. The van der Waals surface area contributed by atoms with Crippen LogP contribution in [-0.4, -0.2) is 36.4 Å². The van der Waals surface area contributed by atoms with Gasteiger partial charge in [-0.25, -0.2) is 0 Å². The molecule has 0 bridgehead atoms. The molecule has 0 spiro atoms. The highest BCUT2D eigenvalue weighted by molar-refractivity contribution is 5.97. The van der Waals surface area contributed by atoms with E-state index in [0.717, 1.165) is 44.4 Å². The van der Waals surface area contributed by atoms with Gasteiger partial charge >= 0.3 is 0 Å². The van der Waals surface area contributed by atoms with Crippen molar-refractivity contribution in [3.63, 3.8) is 0 Å². The Hall–Kier alpha value is -1.56. The molecular formula is C14H22N4O2. The Morgan fingerprint density at radius 3 is 2.90 bits per heavy atom. The van der Waals surface area contributed by atoms with Crippen molar-refractivity contribution < 1.29 is 9.53 Å². The van der Waals surface area contributed by atoms with Gasteiger partial charge in [0.15, 0.2) is 5.69 Å². The van der Waals surface area contributed by atoms with E-state index >= 15 is 0 Å². The predicted molar refractivity (Wildman–Crippen MR) is 75.5 cm³/mol.